The number of hydrogen-bond donors (Lipinski definition) is 0. The molecule has 1 heterocycles. The molecule has 3 heteroatoms. The van der Waals surface area contributed by atoms with Crippen LogP contribution in [0.5, 0.6) is 0 Å². The average molecular weight is 197 g/mol. The minimum atomic E-state index is -0.362. The third kappa shape index (κ3) is 1.86. The molecule has 0 spiro atoms. The number of amides is 1. The Morgan fingerprint density at radius 2 is 1.71 bits per heavy atom. The van der Waals surface area contributed by atoms with Gasteiger partial charge in [0.1, 0.15) is 5.60 Å². The van der Waals surface area contributed by atoms with Gasteiger partial charge in [-0.05, 0) is 45.4 Å². The lowest BCUT2D eigenvalue weighted by atomic mass is 9.77. The van der Waals surface area contributed by atoms with Crippen LogP contribution in [0, 0.1) is 11.8 Å². The van der Waals surface area contributed by atoms with Crippen LogP contribution in [-0.2, 0) is 4.74 Å². The van der Waals surface area contributed by atoms with E-state index < -0.39 is 0 Å². The average Bonchev–Trinajstić information content (AvgIpc) is 2.24. The van der Waals surface area contributed by atoms with Crippen LogP contribution in [0.4, 0.5) is 4.79 Å². The Bertz CT molecular complexity index is 232. The Morgan fingerprint density at radius 1 is 1.21 bits per heavy atom. The Kier molecular flexibility index (Phi) is 2.20. The van der Waals surface area contributed by atoms with Crippen LogP contribution in [-0.4, -0.2) is 29.7 Å². The summed E-state index contributed by atoms with van der Waals surface area (Å²) in [7, 11) is 0. The fraction of sp³-hybridized carbons (Fsp3) is 0.909. The summed E-state index contributed by atoms with van der Waals surface area (Å²) in [6.07, 6.45) is 2.46. The van der Waals surface area contributed by atoms with Crippen LogP contribution in [0.25, 0.3) is 0 Å². The van der Waals surface area contributed by atoms with Crippen molar-refractivity contribution in [1.82, 2.24) is 4.90 Å². The van der Waals surface area contributed by atoms with Crippen molar-refractivity contribution in [2.45, 2.75) is 39.2 Å². The lowest BCUT2D eigenvalue weighted by Gasteiger charge is -2.27. The van der Waals surface area contributed by atoms with Crippen molar-refractivity contribution in [2.75, 3.05) is 13.1 Å². The SMILES string of the molecule is CC(C)(C)OC(=O)N1CC2CCC2C1. The highest BCUT2D eigenvalue weighted by molar-refractivity contribution is 5.68. The Hall–Kier alpha value is -0.730. The zero-order chi connectivity index (χ0) is 10.3. The Balaban J connectivity index is 1.87. The van der Waals surface area contributed by atoms with Crippen LogP contribution in [0.1, 0.15) is 33.6 Å². The number of fused-ring (bicyclic) bond motifs is 1. The molecule has 0 N–H and O–H groups in total. The van der Waals surface area contributed by atoms with Gasteiger partial charge in [-0.1, -0.05) is 0 Å². The quantitative estimate of drug-likeness (QED) is 0.596. The second-order valence-corrected chi connectivity index (χ2v) is 5.48. The van der Waals surface area contributed by atoms with E-state index in [1.165, 1.54) is 12.8 Å². The minimum absolute atomic E-state index is 0.132. The molecule has 14 heavy (non-hydrogen) atoms. The molecule has 3 nitrogen and oxygen atoms in total. The topological polar surface area (TPSA) is 29.5 Å². The summed E-state index contributed by atoms with van der Waals surface area (Å²) in [5.74, 6) is 1.53. The van der Waals surface area contributed by atoms with Gasteiger partial charge in [-0.15, -0.1) is 0 Å². The highest BCUT2D eigenvalue weighted by atomic mass is 16.6. The summed E-state index contributed by atoms with van der Waals surface area (Å²) >= 11 is 0. The normalized spacial score (nSPS) is 30.9. The van der Waals surface area contributed by atoms with Crippen LogP contribution in [0.15, 0.2) is 0 Å². The number of likely N-dealkylation sites (tertiary alicyclic amines) is 1. The maximum absolute atomic E-state index is 11.7. The molecule has 0 radical (unpaired) electrons. The fourth-order valence-electron chi connectivity index (χ4n) is 2.24. The van der Waals surface area contributed by atoms with Crippen molar-refractivity contribution < 1.29 is 9.53 Å². The summed E-state index contributed by atoms with van der Waals surface area (Å²) in [4.78, 5) is 13.6. The first-order valence-electron chi connectivity index (χ1n) is 5.43. The predicted molar refractivity (Wildman–Crippen MR) is 54.0 cm³/mol. The van der Waals surface area contributed by atoms with Gasteiger partial charge >= 0.3 is 6.09 Å². The molecule has 2 aliphatic rings. The molecule has 0 aromatic heterocycles. The monoisotopic (exact) mass is 197 g/mol. The zero-order valence-electron chi connectivity index (χ0n) is 9.25. The van der Waals surface area contributed by atoms with Crippen molar-refractivity contribution >= 4 is 6.09 Å². The first kappa shape index (κ1) is 9.81. The molecule has 1 aliphatic carbocycles. The summed E-state index contributed by atoms with van der Waals surface area (Å²) in [5, 5.41) is 0. The van der Waals surface area contributed by atoms with E-state index >= 15 is 0 Å². The van der Waals surface area contributed by atoms with Gasteiger partial charge < -0.3 is 9.64 Å². The summed E-state index contributed by atoms with van der Waals surface area (Å²) in [5.41, 5.74) is -0.362. The molecule has 2 fully saturated rings. The third-order valence-corrected chi connectivity index (χ3v) is 3.14. The van der Waals surface area contributed by atoms with Crippen LogP contribution < -0.4 is 0 Å². The smallest absolute Gasteiger partial charge is 0.410 e. The van der Waals surface area contributed by atoms with E-state index in [1.54, 1.807) is 0 Å². The molecule has 1 saturated carbocycles. The number of nitrogens with zero attached hydrogens (tertiary/aromatic N) is 1. The van der Waals surface area contributed by atoms with Gasteiger partial charge in [0.2, 0.25) is 0 Å². The number of ether oxygens (including phenoxy) is 1. The highest BCUT2D eigenvalue weighted by Gasteiger charge is 2.42. The summed E-state index contributed by atoms with van der Waals surface area (Å²) in [6.45, 7) is 7.57. The molecular weight excluding hydrogens is 178 g/mol. The number of hydrogen-bond acceptors (Lipinski definition) is 2. The standard InChI is InChI=1S/C11H19NO2/c1-11(2,3)14-10(13)12-6-8-4-5-9(8)7-12/h8-9H,4-7H2,1-3H3. The van der Waals surface area contributed by atoms with Crippen LogP contribution >= 0.6 is 0 Å². The maximum Gasteiger partial charge on any atom is 0.410 e. The Morgan fingerprint density at radius 3 is 2.07 bits per heavy atom. The van der Waals surface area contributed by atoms with Gasteiger partial charge in [0, 0.05) is 13.1 Å². The molecule has 2 atom stereocenters. The molecule has 2 unspecified atom stereocenters. The number of carbonyl (C=O) groups is 1. The van der Waals surface area contributed by atoms with Crippen molar-refractivity contribution in [1.29, 1.82) is 0 Å². The second kappa shape index (κ2) is 3.14. The van der Waals surface area contributed by atoms with E-state index in [1.807, 2.05) is 25.7 Å². The summed E-state index contributed by atoms with van der Waals surface area (Å²) in [6, 6.07) is 0. The van der Waals surface area contributed by atoms with Gasteiger partial charge in [0.25, 0.3) is 0 Å². The molecule has 2 rings (SSSR count). The fourth-order valence-corrected chi connectivity index (χ4v) is 2.24. The molecule has 0 aromatic carbocycles. The molecular formula is C11H19NO2. The van der Waals surface area contributed by atoms with E-state index in [-0.39, 0.29) is 11.7 Å². The molecule has 80 valence electrons. The number of carbonyl (C=O) groups excluding carboxylic acids is 1. The van der Waals surface area contributed by atoms with Crippen LogP contribution in [0.3, 0.4) is 0 Å². The van der Waals surface area contributed by atoms with Crippen molar-refractivity contribution in [3.05, 3.63) is 0 Å². The first-order chi connectivity index (χ1) is 6.46. The van der Waals surface area contributed by atoms with Gasteiger partial charge in [0.05, 0.1) is 0 Å². The molecule has 1 aliphatic heterocycles. The predicted octanol–water partition coefficient (Wildman–Crippen LogP) is 2.26. The van der Waals surface area contributed by atoms with Gasteiger partial charge in [-0.25, -0.2) is 4.79 Å². The van der Waals surface area contributed by atoms with E-state index in [4.69, 9.17) is 4.74 Å². The van der Waals surface area contributed by atoms with Crippen molar-refractivity contribution in [2.24, 2.45) is 11.8 Å². The largest absolute Gasteiger partial charge is 0.444 e. The first-order valence-corrected chi connectivity index (χ1v) is 5.43. The van der Waals surface area contributed by atoms with E-state index in [9.17, 15) is 4.79 Å². The molecule has 1 amide bonds. The van der Waals surface area contributed by atoms with E-state index in [2.05, 4.69) is 0 Å². The van der Waals surface area contributed by atoms with Crippen LogP contribution in [0.2, 0.25) is 0 Å². The summed E-state index contributed by atoms with van der Waals surface area (Å²) < 4.78 is 5.33. The maximum atomic E-state index is 11.7. The molecule has 1 saturated heterocycles. The van der Waals surface area contributed by atoms with Gasteiger partial charge in [0.15, 0.2) is 0 Å². The lowest BCUT2D eigenvalue weighted by molar-refractivity contribution is 0.0288. The molecule has 0 bridgehead atoms. The van der Waals surface area contributed by atoms with E-state index in [0.29, 0.717) is 0 Å². The van der Waals surface area contributed by atoms with Crippen molar-refractivity contribution in [3.63, 3.8) is 0 Å². The third-order valence-electron chi connectivity index (χ3n) is 3.14. The second-order valence-electron chi connectivity index (χ2n) is 5.48. The minimum Gasteiger partial charge on any atom is -0.444 e. The van der Waals surface area contributed by atoms with E-state index in [0.717, 1.165) is 24.9 Å². The highest BCUT2D eigenvalue weighted by Crippen LogP contribution is 2.40. The number of rotatable bonds is 0. The van der Waals surface area contributed by atoms with Gasteiger partial charge in [-0.2, -0.15) is 0 Å². The Labute approximate surface area is 85.4 Å². The van der Waals surface area contributed by atoms with Gasteiger partial charge in [-0.3, -0.25) is 0 Å². The van der Waals surface area contributed by atoms with Crippen molar-refractivity contribution in [3.8, 4) is 0 Å². The zero-order valence-corrected chi connectivity index (χ0v) is 9.25. The molecule has 0 aromatic rings. The lowest BCUT2D eigenvalue weighted by Crippen LogP contribution is -2.35.